The van der Waals surface area contributed by atoms with Crippen molar-refractivity contribution >= 4 is 17.3 Å². The molecule has 4 rings (SSSR count). The maximum absolute atomic E-state index is 12.0. The molecule has 1 aliphatic heterocycles. The summed E-state index contributed by atoms with van der Waals surface area (Å²) in [5.74, 6) is 0.0753. The molecular formula is C20H18N2O2. The van der Waals surface area contributed by atoms with Crippen LogP contribution in [0.1, 0.15) is 21.7 Å². The number of amides is 1. The number of anilines is 2. The highest BCUT2D eigenvalue weighted by molar-refractivity contribution is 6.02. The molecule has 0 saturated heterocycles. The third-order valence-electron chi connectivity index (χ3n) is 4.37. The van der Waals surface area contributed by atoms with Crippen molar-refractivity contribution in [2.45, 2.75) is 13.0 Å². The minimum atomic E-state index is -0.236. The van der Waals surface area contributed by atoms with Crippen LogP contribution >= 0.6 is 0 Å². The van der Waals surface area contributed by atoms with Crippen molar-refractivity contribution in [3.8, 4) is 0 Å². The third kappa shape index (κ3) is 2.91. The highest BCUT2D eigenvalue weighted by atomic mass is 16.3. The Labute approximate surface area is 140 Å². The van der Waals surface area contributed by atoms with Gasteiger partial charge in [-0.15, -0.1) is 0 Å². The van der Waals surface area contributed by atoms with Crippen molar-refractivity contribution in [1.29, 1.82) is 0 Å². The third-order valence-corrected chi connectivity index (χ3v) is 4.37. The number of benzene rings is 2. The van der Waals surface area contributed by atoms with Gasteiger partial charge in [0.1, 0.15) is 0 Å². The fraction of sp³-hybridized carbons (Fsp3) is 0.150. The van der Waals surface area contributed by atoms with Crippen molar-refractivity contribution in [2.75, 3.05) is 16.8 Å². The van der Waals surface area contributed by atoms with Crippen LogP contribution in [0.4, 0.5) is 11.4 Å². The van der Waals surface area contributed by atoms with Gasteiger partial charge < -0.3 is 14.6 Å². The van der Waals surface area contributed by atoms with Gasteiger partial charge in [0.15, 0.2) is 5.76 Å². The van der Waals surface area contributed by atoms with Gasteiger partial charge in [-0.3, -0.25) is 4.79 Å². The lowest BCUT2D eigenvalue weighted by molar-refractivity contribution is 0.0996. The van der Waals surface area contributed by atoms with Gasteiger partial charge in [0.2, 0.25) is 0 Å². The Kier molecular flexibility index (Phi) is 3.79. The van der Waals surface area contributed by atoms with E-state index in [1.54, 1.807) is 12.1 Å². The normalized spacial score (nSPS) is 13.4. The van der Waals surface area contributed by atoms with Crippen molar-refractivity contribution in [1.82, 2.24) is 0 Å². The van der Waals surface area contributed by atoms with Gasteiger partial charge >= 0.3 is 0 Å². The standard InChI is InChI=1S/C20H18N2O2/c23-20(19-6-3-13-24-19)21-17-7-9-18(10-8-17)22-12-11-15-4-1-2-5-16(15)14-22/h1-10,13H,11-12,14H2,(H,21,23). The molecule has 0 spiro atoms. The first-order chi connectivity index (χ1) is 11.8. The summed E-state index contributed by atoms with van der Waals surface area (Å²) >= 11 is 0. The van der Waals surface area contributed by atoms with Gasteiger partial charge in [-0.1, -0.05) is 24.3 Å². The maximum Gasteiger partial charge on any atom is 0.291 e. The summed E-state index contributed by atoms with van der Waals surface area (Å²) in [5.41, 5.74) is 4.76. The molecule has 2 aromatic carbocycles. The Hall–Kier alpha value is -3.01. The van der Waals surface area contributed by atoms with E-state index in [2.05, 4.69) is 34.5 Å². The molecule has 0 fully saturated rings. The number of carbonyl (C=O) groups excluding carboxylic acids is 1. The molecule has 0 aliphatic carbocycles. The largest absolute Gasteiger partial charge is 0.459 e. The first-order valence-electron chi connectivity index (χ1n) is 8.06. The van der Waals surface area contributed by atoms with Crippen LogP contribution < -0.4 is 10.2 Å². The number of nitrogens with zero attached hydrogens (tertiary/aromatic N) is 1. The number of furan rings is 1. The number of hydrogen-bond donors (Lipinski definition) is 1. The molecule has 120 valence electrons. The van der Waals surface area contributed by atoms with Crippen LogP contribution in [0.5, 0.6) is 0 Å². The van der Waals surface area contributed by atoms with Gasteiger partial charge in [-0.25, -0.2) is 0 Å². The van der Waals surface area contributed by atoms with E-state index in [1.807, 2.05) is 24.3 Å². The molecule has 0 unspecified atom stereocenters. The van der Waals surface area contributed by atoms with E-state index in [4.69, 9.17) is 4.42 Å². The Morgan fingerprint density at radius 1 is 0.958 bits per heavy atom. The minimum Gasteiger partial charge on any atom is -0.459 e. The molecule has 0 bridgehead atoms. The molecule has 1 aliphatic rings. The lowest BCUT2D eigenvalue weighted by Gasteiger charge is -2.30. The molecule has 1 amide bonds. The number of nitrogens with one attached hydrogen (secondary N) is 1. The van der Waals surface area contributed by atoms with E-state index in [1.165, 1.54) is 23.1 Å². The molecule has 4 heteroatoms. The predicted molar refractivity (Wildman–Crippen MR) is 94.3 cm³/mol. The zero-order valence-electron chi connectivity index (χ0n) is 13.2. The maximum atomic E-state index is 12.0. The molecule has 0 radical (unpaired) electrons. The van der Waals surface area contributed by atoms with E-state index in [0.29, 0.717) is 5.76 Å². The van der Waals surface area contributed by atoms with E-state index in [0.717, 1.165) is 25.2 Å². The van der Waals surface area contributed by atoms with Gasteiger partial charge in [0, 0.05) is 24.5 Å². The molecule has 0 atom stereocenters. The van der Waals surface area contributed by atoms with Gasteiger partial charge in [-0.2, -0.15) is 0 Å². The molecular weight excluding hydrogens is 300 g/mol. The monoisotopic (exact) mass is 318 g/mol. The average molecular weight is 318 g/mol. The molecule has 24 heavy (non-hydrogen) atoms. The summed E-state index contributed by atoms with van der Waals surface area (Å²) in [4.78, 5) is 14.3. The van der Waals surface area contributed by atoms with Crippen LogP contribution in [0, 0.1) is 0 Å². The zero-order valence-corrected chi connectivity index (χ0v) is 13.2. The van der Waals surface area contributed by atoms with E-state index in [-0.39, 0.29) is 5.91 Å². The van der Waals surface area contributed by atoms with Gasteiger partial charge in [0.25, 0.3) is 5.91 Å². The lowest BCUT2D eigenvalue weighted by atomic mass is 9.99. The molecule has 3 aromatic rings. The number of carbonyl (C=O) groups is 1. The number of rotatable bonds is 3. The van der Waals surface area contributed by atoms with Crippen LogP contribution in [0.25, 0.3) is 0 Å². The lowest BCUT2D eigenvalue weighted by Crippen LogP contribution is -2.30. The number of hydrogen-bond acceptors (Lipinski definition) is 3. The summed E-state index contributed by atoms with van der Waals surface area (Å²) in [7, 11) is 0. The minimum absolute atomic E-state index is 0.236. The van der Waals surface area contributed by atoms with Crippen LogP contribution in [-0.2, 0) is 13.0 Å². The summed E-state index contributed by atoms with van der Waals surface area (Å²) in [6, 6.07) is 19.9. The molecule has 1 aromatic heterocycles. The summed E-state index contributed by atoms with van der Waals surface area (Å²) in [5, 5.41) is 2.84. The quantitative estimate of drug-likeness (QED) is 0.791. The van der Waals surface area contributed by atoms with E-state index >= 15 is 0 Å². The second-order valence-corrected chi connectivity index (χ2v) is 5.92. The zero-order chi connectivity index (χ0) is 16.4. The first-order valence-corrected chi connectivity index (χ1v) is 8.06. The molecule has 0 saturated carbocycles. The van der Waals surface area contributed by atoms with Gasteiger partial charge in [0.05, 0.1) is 6.26 Å². The fourth-order valence-electron chi connectivity index (χ4n) is 3.07. The summed E-state index contributed by atoms with van der Waals surface area (Å²) in [6.07, 6.45) is 2.55. The molecule has 1 N–H and O–H groups in total. The van der Waals surface area contributed by atoms with E-state index in [9.17, 15) is 4.79 Å². The van der Waals surface area contributed by atoms with Crippen LogP contribution in [0.2, 0.25) is 0 Å². The summed E-state index contributed by atoms with van der Waals surface area (Å²) < 4.78 is 5.10. The Morgan fingerprint density at radius 2 is 1.75 bits per heavy atom. The highest BCUT2D eigenvalue weighted by Crippen LogP contribution is 2.25. The van der Waals surface area contributed by atoms with Crippen molar-refractivity contribution in [2.24, 2.45) is 0 Å². The Balaban J connectivity index is 1.46. The van der Waals surface area contributed by atoms with E-state index < -0.39 is 0 Å². The van der Waals surface area contributed by atoms with Crippen LogP contribution in [0.15, 0.2) is 71.3 Å². The van der Waals surface area contributed by atoms with Crippen molar-refractivity contribution in [3.63, 3.8) is 0 Å². The average Bonchev–Trinajstić information content (AvgIpc) is 3.17. The Bertz CT molecular complexity index is 838. The molecule has 4 nitrogen and oxygen atoms in total. The smallest absolute Gasteiger partial charge is 0.291 e. The van der Waals surface area contributed by atoms with Crippen molar-refractivity contribution in [3.05, 3.63) is 83.8 Å². The summed E-state index contributed by atoms with van der Waals surface area (Å²) in [6.45, 7) is 1.93. The SMILES string of the molecule is O=C(Nc1ccc(N2CCc3ccccc3C2)cc1)c1ccco1. The van der Waals surface area contributed by atoms with Crippen LogP contribution in [0.3, 0.4) is 0 Å². The van der Waals surface area contributed by atoms with Crippen LogP contribution in [-0.4, -0.2) is 12.5 Å². The second kappa shape index (κ2) is 6.24. The predicted octanol–water partition coefficient (Wildman–Crippen LogP) is 4.09. The first kappa shape index (κ1) is 14.6. The highest BCUT2D eigenvalue weighted by Gasteiger charge is 2.16. The topological polar surface area (TPSA) is 45.5 Å². The fourth-order valence-corrected chi connectivity index (χ4v) is 3.07. The molecule has 2 heterocycles. The Morgan fingerprint density at radius 3 is 2.50 bits per heavy atom. The number of fused-ring (bicyclic) bond motifs is 1. The van der Waals surface area contributed by atoms with Gasteiger partial charge in [-0.05, 0) is 53.9 Å². The van der Waals surface area contributed by atoms with Crippen molar-refractivity contribution < 1.29 is 9.21 Å². The second-order valence-electron chi connectivity index (χ2n) is 5.92.